The van der Waals surface area contributed by atoms with Crippen molar-refractivity contribution in [2.24, 2.45) is 0 Å². The molecule has 1 unspecified atom stereocenters. The van der Waals surface area contributed by atoms with Gasteiger partial charge in [-0.1, -0.05) is 6.08 Å². The molecule has 1 N–H and O–H groups in total. The summed E-state index contributed by atoms with van der Waals surface area (Å²) in [6.45, 7) is 3.39. The van der Waals surface area contributed by atoms with Gasteiger partial charge in [0.25, 0.3) is 0 Å². The van der Waals surface area contributed by atoms with Crippen molar-refractivity contribution in [3.63, 3.8) is 0 Å². The van der Waals surface area contributed by atoms with Crippen LogP contribution in [0.4, 0.5) is 17.6 Å². The predicted molar refractivity (Wildman–Crippen MR) is 55.9 cm³/mol. The Labute approximate surface area is 96.4 Å². The van der Waals surface area contributed by atoms with Gasteiger partial charge < -0.3 is 5.11 Å². The maximum absolute atomic E-state index is 13.3. The van der Waals surface area contributed by atoms with Gasteiger partial charge in [-0.3, -0.25) is 0 Å². The van der Waals surface area contributed by atoms with Gasteiger partial charge in [0.15, 0.2) is 0 Å². The second-order valence-corrected chi connectivity index (χ2v) is 3.69. The molecular formula is C12H12F4O. The lowest BCUT2D eigenvalue weighted by molar-refractivity contribution is -0.137. The minimum Gasteiger partial charge on any atom is -0.392 e. The number of halogens is 4. The summed E-state index contributed by atoms with van der Waals surface area (Å²) in [6.07, 6.45) is -3.97. The fourth-order valence-electron chi connectivity index (χ4n) is 1.44. The standard InChI is InChI=1S/C12H12F4O/c1-2-3-10(17)7-8-6-9(12(14,15)16)4-5-11(8)13/h2,4-6,10,17H,1,3,7H2. The summed E-state index contributed by atoms with van der Waals surface area (Å²) in [5.41, 5.74) is -1.06. The molecular weight excluding hydrogens is 236 g/mol. The Hall–Kier alpha value is -1.36. The van der Waals surface area contributed by atoms with Crippen LogP contribution in [0.5, 0.6) is 0 Å². The first-order chi connectivity index (χ1) is 7.84. The van der Waals surface area contributed by atoms with Crippen LogP contribution in [0.3, 0.4) is 0 Å². The van der Waals surface area contributed by atoms with E-state index < -0.39 is 23.7 Å². The van der Waals surface area contributed by atoms with E-state index in [0.29, 0.717) is 6.07 Å². The highest BCUT2D eigenvalue weighted by Crippen LogP contribution is 2.30. The lowest BCUT2D eigenvalue weighted by Crippen LogP contribution is -2.12. The number of rotatable bonds is 4. The van der Waals surface area contributed by atoms with Gasteiger partial charge in [-0.25, -0.2) is 4.39 Å². The first-order valence-electron chi connectivity index (χ1n) is 4.99. The van der Waals surface area contributed by atoms with Crippen LogP contribution in [0.25, 0.3) is 0 Å². The van der Waals surface area contributed by atoms with Crippen LogP contribution >= 0.6 is 0 Å². The van der Waals surface area contributed by atoms with E-state index in [9.17, 15) is 22.7 Å². The summed E-state index contributed by atoms with van der Waals surface area (Å²) in [5, 5.41) is 9.40. The quantitative estimate of drug-likeness (QED) is 0.640. The monoisotopic (exact) mass is 248 g/mol. The number of hydrogen-bond acceptors (Lipinski definition) is 1. The van der Waals surface area contributed by atoms with Gasteiger partial charge >= 0.3 is 6.18 Å². The predicted octanol–water partition coefficient (Wildman–Crippen LogP) is 3.32. The molecule has 0 aromatic heterocycles. The Kier molecular flexibility index (Phi) is 4.28. The van der Waals surface area contributed by atoms with Crippen LogP contribution in [-0.4, -0.2) is 11.2 Å². The normalized spacial score (nSPS) is 13.5. The third-order valence-corrected chi connectivity index (χ3v) is 2.27. The molecule has 0 spiro atoms. The third-order valence-electron chi connectivity index (χ3n) is 2.27. The van der Waals surface area contributed by atoms with Crippen molar-refractivity contribution in [2.45, 2.75) is 25.1 Å². The second-order valence-electron chi connectivity index (χ2n) is 3.69. The molecule has 0 radical (unpaired) electrons. The molecule has 5 heteroatoms. The van der Waals surface area contributed by atoms with Gasteiger partial charge in [-0.05, 0) is 30.2 Å². The van der Waals surface area contributed by atoms with Gasteiger partial charge in [0.1, 0.15) is 5.82 Å². The van der Waals surface area contributed by atoms with Crippen molar-refractivity contribution >= 4 is 0 Å². The molecule has 0 bridgehead atoms. The zero-order valence-electron chi connectivity index (χ0n) is 8.97. The van der Waals surface area contributed by atoms with Crippen LogP contribution in [0.1, 0.15) is 17.5 Å². The fraction of sp³-hybridized carbons (Fsp3) is 0.333. The molecule has 0 heterocycles. The third kappa shape index (κ3) is 3.85. The molecule has 1 aromatic rings. The highest BCUT2D eigenvalue weighted by molar-refractivity contribution is 5.27. The van der Waals surface area contributed by atoms with Crippen LogP contribution in [0, 0.1) is 5.82 Å². The Morgan fingerprint density at radius 2 is 2.00 bits per heavy atom. The minimum absolute atomic E-state index is 0.144. The largest absolute Gasteiger partial charge is 0.416 e. The van der Waals surface area contributed by atoms with Crippen molar-refractivity contribution < 1.29 is 22.7 Å². The molecule has 0 aliphatic heterocycles. The highest BCUT2D eigenvalue weighted by atomic mass is 19.4. The molecule has 0 fully saturated rings. The van der Waals surface area contributed by atoms with Gasteiger partial charge in [-0.2, -0.15) is 13.2 Å². The van der Waals surface area contributed by atoms with E-state index >= 15 is 0 Å². The van der Waals surface area contributed by atoms with E-state index in [1.807, 2.05) is 0 Å². The Balaban J connectivity index is 2.95. The lowest BCUT2D eigenvalue weighted by Gasteiger charge is -2.12. The smallest absolute Gasteiger partial charge is 0.392 e. The molecule has 17 heavy (non-hydrogen) atoms. The zero-order valence-corrected chi connectivity index (χ0v) is 8.97. The first kappa shape index (κ1) is 13.7. The van der Waals surface area contributed by atoms with Crippen LogP contribution in [0.15, 0.2) is 30.9 Å². The lowest BCUT2D eigenvalue weighted by atomic mass is 10.0. The minimum atomic E-state index is -4.51. The average molecular weight is 248 g/mol. The Morgan fingerprint density at radius 1 is 1.35 bits per heavy atom. The summed E-state index contributed by atoms with van der Waals surface area (Å²) in [7, 11) is 0. The number of aliphatic hydroxyl groups is 1. The van der Waals surface area contributed by atoms with Gasteiger partial charge in [0.2, 0.25) is 0 Å². The molecule has 94 valence electrons. The molecule has 0 aliphatic rings. The summed E-state index contributed by atoms with van der Waals surface area (Å²) in [5.74, 6) is -0.749. The Morgan fingerprint density at radius 3 is 2.53 bits per heavy atom. The molecule has 0 saturated carbocycles. The highest BCUT2D eigenvalue weighted by Gasteiger charge is 2.31. The number of hydrogen-bond donors (Lipinski definition) is 1. The van der Waals surface area contributed by atoms with Crippen LogP contribution < -0.4 is 0 Å². The fourth-order valence-corrected chi connectivity index (χ4v) is 1.44. The van der Waals surface area contributed by atoms with E-state index in [0.717, 1.165) is 12.1 Å². The molecule has 0 saturated heterocycles. The number of benzene rings is 1. The van der Waals surface area contributed by atoms with Crippen molar-refractivity contribution in [3.8, 4) is 0 Å². The van der Waals surface area contributed by atoms with Gasteiger partial charge in [-0.15, -0.1) is 6.58 Å². The SMILES string of the molecule is C=CCC(O)Cc1cc(C(F)(F)F)ccc1F. The zero-order chi connectivity index (χ0) is 13.1. The van der Waals surface area contributed by atoms with Crippen molar-refractivity contribution in [3.05, 3.63) is 47.8 Å². The number of alkyl halides is 3. The number of aliphatic hydroxyl groups excluding tert-OH is 1. The first-order valence-corrected chi connectivity index (χ1v) is 4.99. The van der Waals surface area contributed by atoms with E-state index in [1.165, 1.54) is 6.08 Å². The molecule has 1 atom stereocenters. The summed E-state index contributed by atoms with van der Waals surface area (Å²) in [4.78, 5) is 0. The maximum atomic E-state index is 13.3. The van der Waals surface area contributed by atoms with Crippen LogP contribution in [0.2, 0.25) is 0 Å². The molecule has 0 amide bonds. The molecule has 1 aromatic carbocycles. The summed E-state index contributed by atoms with van der Waals surface area (Å²) < 4.78 is 50.4. The maximum Gasteiger partial charge on any atom is 0.416 e. The topological polar surface area (TPSA) is 20.2 Å². The molecule has 1 rings (SSSR count). The van der Waals surface area contributed by atoms with E-state index in [-0.39, 0.29) is 18.4 Å². The summed E-state index contributed by atoms with van der Waals surface area (Å²) >= 11 is 0. The van der Waals surface area contributed by atoms with E-state index in [4.69, 9.17) is 0 Å². The van der Waals surface area contributed by atoms with Crippen molar-refractivity contribution in [1.29, 1.82) is 0 Å². The molecule has 0 aliphatic carbocycles. The van der Waals surface area contributed by atoms with Gasteiger partial charge in [0, 0.05) is 6.42 Å². The van der Waals surface area contributed by atoms with Crippen LogP contribution in [-0.2, 0) is 12.6 Å². The Bertz CT molecular complexity index is 398. The second kappa shape index (κ2) is 5.31. The van der Waals surface area contributed by atoms with Crippen molar-refractivity contribution in [2.75, 3.05) is 0 Å². The van der Waals surface area contributed by atoms with Gasteiger partial charge in [0.05, 0.1) is 11.7 Å². The van der Waals surface area contributed by atoms with Crippen molar-refractivity contribution in [1.82, 2.24) is 0 Å². The van der Waals surface area contributed by atoms with E-state index in [1.54, 1.807) is 0 Å². The summed E-state index contributed by atoms with van der Waals surface area (Å²) in [6, 6.07) is 2.17. The molecule has 1 nitrogen and oxygen atoms in total. The average Bonchev–Trinajstić information content (AvgIpc) is 2.20. The van der Waals surface area contributed by atoms with E-state index in [2.05, 4.69) is 6.58 Å².